The maximum Gasteiger partial charge on any atom is 0.344 e. The maximum atomic E-state index is 12.4. The van der Waals surface area contributed by atoms with Crippen LogP contribution in [-0.2, 0) is 14.3 Å². The molecule has 9 heteroatoms. The fourth-order valence-corrected chi connectivity index (χ4v) is 4.29. The van der Waals surface area contributed by atoms with E-state index in [-0.39, 0.29) is 19.1 Å². The molecule has 0 N–H and O–H groups in total. The zero-order chi connectivity index (χ0) is 20.0. The Morgan fingerprint density at radius 1 is 1.26 bits per heavy atom. The number of carbonyl (C=O) groups is 2. The molecule has 0 aromatic heterocycles. The number of benzene rings is 1. The predicted octanol–water partition coefficient (Wildman–Crippen LogP) is 4.01. The highest BCUT2D eigenvalue weighted by Crippen LogP contribution is 2.39. The first-order chi connectivity index (χ1) is 12.9. The van der Waals surface area contributed by atoms with Gasteiger partial charge < -0.3 is 14.2 Å². The molecule has 1 saturated heterocycles. The number of ether oxygens (including phenoxy) is 3. The van der Waals surface area contributed by atoms with E-state index < -0.39 is 5.97 Å². The molecule has 1 aliphatic heterocycles. The molecule has 0 atom stereocenters. The Labute approximate surface area is 176 Å². The van der Waals surface area contributed by atoms with Crippen molar-refractivity contribution in [1.82, 2.24) is 4.90 Å². The predicted molar refractivity (Wildman–Crippen MR) is 113 cm³/mol. The number of likely N-dealkylation sites (N-methyl/N-ethyl adjacent to an activating group) is 1. The van der Waals surface area contributed by atoms with Crippen LogP contribution in [0.5, 0.6) is 11.5 Å². The minimum Gasteiger partial charge on any atom is -0.490 e. The second-order valence-corrected chi connectivity index (χ2v) is 7.81. The molecular weight excluding hydrogens is 454 g/mol. The van der Waals surface area contributed by atoms with E-state index in [0.717, 1.165) is 5.56 Å². The standard InChI is InChI=1S/C18H20BrNO5S2/c1-4-20-17(22)14(27-18(20)26)9-11-7-12(19)16(13(8-11)23-5-2)25-10-15(21)24-6-3/h7-9H,4-6,10H2,1-3H3. The van der Waals surface area contributed by atoms with Gasteiger partial charge in [0, 0.05) is 6.54 Å². The monoisotopic (exact) mass is 473 g/mol. The van der Waals surface area contributed by atoms with Gasteiger partial charge in [-0.05, 0) is 60.5 Å². The number of amides is 1. The summed E-state index contributed by atoms with van der Waals surface area (Å²) in [7, 11) is 0. The summed E-state index contributed by atoms with van der Waals surface area (Å²) in [6.45, 7) is 6.49. The van der Waals surface area contributed by atoms with Crippen molar-refractivity contribution >= 4 is 62.2 Å². The second kappa shape index (κ2) is 10.1. The van der Waals surface area contributed by atoms with Gasteiger partial charge in [0.05, 0.1) is 22.6 Å². The third kappa shape index (κ3) is 5.46. The summed E-state index contributed by atoms with van der Waals surface area (Å²) in [5.41, 5.74) is 0.755. The van der Waals surface area contributed by atoms with Gasteiger partial charge in [-0.3, -0.25) is 9.69 Å². The lowest BCUT2D eigenvalue weighted by molar-refractivity contribution is -0.145. The van der Waals surface area contributed by atoms with Crippen LogP contribution < -0.4 is 9.47 Å². The number of hydrogen-bond donors (Lipinski definition) is 0. The third-order valence-corrected chi connectivity index (χ3v) is 5.43. The van der Waals surface area contributed by atoms with E-state index in [1.165, 1.54) is 11.8 Å². The number of nitrogens with zero attached hydrogens (tertiary/aromatic N) is 1. The molecular formula is C18H20BrNO5S2. The van der Waals surface area contributed by atoms with Gasteiger partial charge in [-0.25, -0.2) is 4.79 Å². The van der Waals surface area contributed by atoms with Gasteiger partial charge in [0.1, 0.15) is 4.32 Å². The highest BCUT2D eigenvalue weighted by molar-refractivity contribution is 9.10. The molecule has 0 radical (unpaired) electrons. The molecule has 1 aromatic rings. The van der Waals surface area contributed by atoms with E-state index in [4.69, 9.17) is 26.4 Å². The maximum absolute atomic E-state index is 12.4. The molecule has 1 aliphatic rings. The van der Waals surface area contributed by atoms with Crippen molar-refractivity contribution in [3.8, 4) is 11.5 Å². The second-order valence-electron chi connectivity index (χ2n) is 5.28. The molecule has 1 heterocycles. The fourth-order valence-electron chi connectivity index (χ4n) is 2.33. The van der Waals surface area contributed by atoms with E-state index in [2.05, 4.69) is 15.9 Å². The Kier molecular flexibility index (Phi) is 8.12. The Balaban J connectivity index is 2.29. The van der Waals surface area contributed by atoms with Gasteiger partial charge in [0.25, 0.3) is 5.91 Å². The summed E-state index contributed by atoms with van der Waals surface area (Å²) in [6, 6.07) is 3.55. The number of hydrogen-bond acceptors (Lipinski definition) is 7. The summed E-state index contributed by atoms with van der Waals surface area (Å²) in [5.74, 6) is 0.305. The normalized spacial score (nSPS) is 15.4. The lowest BCUT2D eigenvalue weighted by Crippen LogP contribution is -2.27. The highest BCUT2D eigenvalue weighted by Gasteiger charge is 2.30. The van der Waals surface area contributed by atoms with Crippen molar-refractivity contribution in [2.45, 2.75) is 20.8 Å². The van der Waals surface area contributed by atoms with E-state index >= 15 is 0 Å². The quantitative estimate of drug-likeness (QED) is 0.321. The zero-order valence-corrected chi connectivity index (χ0v) is 18.5. The zero-order valence-electron chi connectivity index (χ0n) is 15.2. The molecule has 0 aliphatic carbocycles. The number of thiocarbonyl (C=S) groups is 1. The number of rotatable bonds is 8. The molecule has 27 heavy (non-hydrogen) atoms. The first kappa shape index (κ1) is 21.7. The number of esters is 1. The largest absolute Gasteiger partial charge is 0.490 e. The van der Waals surface area contributed by atoms with Crippen molar-refractivity contribution in [3.05, 3.63) is 27.1 Å². The molecule has 6 nitrogen and oxygen atoms in total. The number of halogens is 1. The van der Waals surface area contributed by atoms with Crippen molar-refractivity contribution in [3.63, 3.8) is 0 Å². The Morgan fingerprint density at radius 2 is 2.00 bits per heavy atom. The van der Waals surface area contributed by atoms with E-state index in [1.807, 2.05) is 13.8 Å². The fraction of sp³-hybridized carbons (Fsp3) is 0.389. The number of thioether (sulfide) groups is 1. The molecule has 1 fully saturated rings. The number of carbonyl (C=O) groups excluding carboxylic acids is 2. The SMILES string of the molecule is CCOC(=O)COc1c(Br)cc(C=C2SC(=S)N(CC)C2=O)cc1OCC. The van der Waals surface area contributed by atoms with Crippen molar-refractivity contribution < 1.29 is 23.8 Å². The Morgan fingerprint density at radius 3 is 2.59 bits per heavy atom. The van der Waals surface area contributed by atoms with Crippen LogP contribution in [0.15, 0.2) is 21.5 Å². The van der Waals surface area contributed by atoms with E-state index in [1.54, 1.807) is 30.0 Å². The van der Waals surface area contributed by atoms with Crippen molar-refractivity contribution in [2.75, 3.05) is 26.4 Å². The minimum absolute atomic E-state index is 0.107. The Bertz CT molecular complexity index is 781. The first-order valence-electron chi connectivity index (χ1n) is 8.41. The van der Waals surface area contributed by atoms with Gasteiger partial charge in [0.2, 0.25) is 0 Å². The summed E-state index contributed by atoms with van der Waals surface area (Å²) in [6.07, 6.45) is 1.76. The summed E-state index contributed by atoms with van der Waals surface area (Å²) >= 11 is 9.95. The van der Waals surface area contributed by atoms with Crippen LogP contribution in [0.1, 0.15) is 26.3 Å². The average molecular weight is 474 g/mol. The van der Waals surface area contributed by atoms with Crippen LogP contribution in [0.3, 0.4) is 0 Å². The van der Waals surface area contributed by atoms with Crippen LogP contribution in [0, 0.1) is 0 Å². The molecule has 0 bridgehead atoms. The van der Waals surface area contributed by atoms with Gasteiger partial charge >= 0.3 is 5.97 Å². The van der Waals surface area contributed by atoms with Crippen LogP contribution in [0.2, 0.25) is 0 Å². The highest BCUT2D eigenvalue weighted by atomic mass is 79.9. The molecule has 0 saturated carbocycles. The Hall–Kier alpha value is -1.58. The van der Waals surface area contributed by atoms with Crippen molar-refractivity contribution in [1.29, 1.82) is 0 Å². The van der Waals surface area contributed by atoms with Gasteiger partial charge in [-0.2, -0.15) is 0 Å². The van der Waals surface area contributed by atoms with Crippen LogP contribution in [-0.4, -0.2) is 47.5 Å². The molecule has 146 valence electrons. The molecule has 2 rings (SSSR count). The lowest BCUT2D eigenvalue weighted by Gasteiger charge is -2.14. The third-order valence-electron chi connectivity index (χ3n) is 3.46. The van der Waals surface area contributed by atoms with Gasteiger partial charge in [-0.1, -0.05) is 24.0 Å². The van der Waals surface area contributed by atoms with Crippen molar-refractivity contribution in [2.24, 2.45) is 0 Å². The summed E-state index contributed by atoms with van der Waals surface area (Å²) < 4.78 is 17.2. The summed E-state index contributed by atoms with van der Waals surface area (Å²) in [4.78, 5) is 26.0. The van der Waals surface area contributed by atoms with Crippen LogP contribution in [0.4, 0.5) is 0 Å². The molecule has 1 aromatic carbocycles. The molecule has 1 amide bonds. The van der Waals surface area contributed by atoms with Gasteiger partial charge in [0.15, 0.2) is 18.1 Å². The van der Waals surface area contributed by atoms with E-state index in [9.17, 15) is 9.59 Å². The smallest absolute Gasteiger partial charge is 0.344 e. The van der Waals surface area contributed by atoms with Crippen LogP contribution >= 0.6 is 39.9 Å². The molecule has 0 unspecified atom stereocenters. The molecule has 0 spiro atoms. The summed E-state index contributed by atoms with van der Waals surface area (Å²) in [5, 5.41) is 0. The van der Waals surface area contributed by atoms with Gasteiger partial charge in [-0.15, -0.1) is 0 Å². The first-order valence-corrected chi connectivity index (χ1v) is 10.4. The van der Waals surface area contributed by atoms with E-state index in [0.29, 0.717) is 38.3 Å². The minimum atomic E-state index is -0.459. The average Bonchev–Trinajstić information content (AvgIpc) is 2.87. The van der Waals surface area contributed by atoms with Crippen LogP contribution in [0.25, 0.3) is 6.08 Å². The topological polar surface area (TPSA) is 65.1 Å². The lowest BCUT2D eigenvalue weighted by atomic mass is 10.2.